The average Bonchev–Trinajstić information content (AvgIpc) is 2.91. The first-order valence-corrected chi connectivity index (χ1v) is 11.6. The molecule has 2 aliphatic carbocycles. The maximum absolute atomic E-state index is 11.3. The van der Waals surface area contributed by atoms with Gasteiger partial charge >= 0.3 is 5.97 Å². The molecule has 0 aromatic carbocycles. The number of rotatable bonds is 12. The van der Waals surface area contributed by atoms with Crippen LogP contribution in [0.3, 0.4) is 0 Å². The Hall–Kier alpha value is -0.840. The molecule has 2 aliphatic rings. The third-order valence-electron chi connectivity index (χ3n) is 6.94. The third kappa shape index (κ3) is 6.83. The van der Waals surface area contributed by atoms with Crippen LogP contribution in [0, 0.1) is 24.2 Å². The molecule has 0 heterocycles. The molecule has 0 amide bonds. The predicted molar refractivity (Wildman–Crippen MR) is 118 cm³/mol. The summed E-state index contributed by atoms with van der Waals surface area (Å²) >= 11 is 6.51. The van der Waals surface area contributed by atoms with Crippen LogP contribution in [-0.2, 0) is 9.53 Å². The molecule has 0 unspecified atom stereocenters. The van der Waals surface area contributed by atoms with Crippen molar-refractivity contribution in [3.8, 4) is 0 Å². The minimum Gasteiger partial charge on any atom is -0.466 e. The molecule has 0 aromatic heterocycles. The highest BCUT2D eigenvalue weighted by atomic mass is 35.5. The van der Waals surface area contributed by atoms with Gasteiger partial charge in [0.1, 0.15) is 0 Å². The first kappa shape index (κ1) is 24.4. The largest absolute Gasteiger partial charge is 0.466 e. The summed E-state index contributed by atoms with van der Waals surface area (Å²) in [5.41, 5.74) is 0.107. The topological polar surface area (TPSA) is 66.8 Å². The Morgan fingerprint density at radius 3 is 2.72 bits per heavy atom. The summed E-state index contributed by atoms with van der Waals surface area (Å²) in [5, 5.41) is 21.0. The summed E-state index contributed by atoms with van der Waals surface area (Å²) in [6, 6.07) is 0. The maximum Gasteiger partial charge on any atom is 0.305 e. The van der Waals surface area contributed by atoms with Crippen molar-refractivity contribution < 1.29 is 19.7 Å². The lowest BCUT2D eigenvalue weighted by molar-refractivity contribution is -0.142. The van der Waals surface area contributed by atoms with Gasteiger partial charge in [0.2, 0.25) is 0 Å². The highest BCUT2D eigenvalue weighted by molar-refractivity contribution is 6.21. The normalized spacial score (nSPS) is 30.0. The van der Waals surface area contributed by atoms with Crippen molar-refractivity contribution in [1.29, 1.82) is 0 Å². The van der Waals surface area contributed by atoms with Crippen molar-refractivity contribution in [2.24, 2.45) is 17.3 Å². The monoisotopic (exact) mass is 425 g/mol. The van der Waals surface area contributed by atoms with Crippen LogP contribution < -0.4 is 0 Å². The highest BCUT2D eigenvalue weighted by Crippen LogP contribution is 2.48. The Kier molecular flexibility index (Phi) is 10.2. The smallest absolute Gasteiger partial charge is 0.305 e. The van der Waals surface area contributed by atoms with Gasteiger partial charge in [-0.25, -0.2) is 0 Å². The molecule has 2 saturated carbocycles. The highest BCUT2D eigenvalue weighted by Gasteiger charge is 2.42. The molecule has 0 aromatic rings. The van der Waals surface area contributed by atoms with Crippen LogP contribution >= 0.6 is 11.6 Å². The van der Waals surface area contributed by atoms with E-state index in [1.54, 1.807) is 0 Å². The zero-order valence-corrected chi connectivity index (χ0v) is 18.5. The molecule has 2 fully saturated rings. The number of ether oxygens (including phenoxy) is 1. The Bertz CT molecular complexity index is 550. The van der Waals surface area contributed by atoms with E-state index < -0.39 is 6.10 Å². The van der Waals surface area contributed by atoms with Gasteiger partial charge < -0.3 is 14.9 Å². The zero-order chi connectivity index (χ0) is 21.3. The van der Waals surface area contributed by atoms with Crippen molar-refractivity contribution in [2.45, 2.75) is 88.7 Å². The van der Waals surface area contributed by atoms with Crippen LogP contribution in [0.5, 0.6) is 0 Å². The van der Waals surface area contributed by atoms with Gasteiger partial charge in [-0.15, -0.1) is 11.6 Å². The number of allylic oxidation sites excluding steroid dienone is 2. The van der Waals surface area contributed by atoms with Crippen molar-refractivity contribution >= 4 is 17.6 Å². The molecule has 0 bridgehead atoms. The maximum atomic E-state index is 11.3. The Labute approximate surface area is 181 Å². The number of halogens is 1. The van der Waals surface area contributed by atoms with Crippen LogP contribution in [0.15, 0.2) is 24.3 Å². The van der Waals surface area contributed by atoms with Crippen LogP contribution in [0.1, 0.15) is 71.1 Å². The molecule has 0 saturated heterocycles. The molecule has 1 radical (unpaired) electrons. The van der Waals surface area contributed by atoms with E-state index in [-0.39, 0.29) is 41.3 Å². The Balaban J connectivity index is 1.79. The van der Waals surface area contributed by atoms with Crippen molar-refractivity contribution in [3.05, 3.63) is 31.2 Å². The number of aliphatic hydroxyl groups is 2. The molecular formula is C24H38ClO4. The summed E-state index contributed by atoms with van der Waals surface area (Å²) in [6.07, 6.45) is 16.1. The molecule has 29 heavy (non-hydrogen) atoms. The fourth-order valence-electron chi connectivity index (χ4n) is 4.75. The molecule has 2 rings (SSSR count). The van der Waals surface area contributed by atoms with E-state index in [1.165, 1.54) is 6.42 Å². The van der Waals surface area contributed by atoms with E-state index in [2.05, 4.69) is 32.1 Å². The number of carbonyl (C=O) groups is 1. The second kappa shape index (κ2) is 12.1. The molecule has 2 N–H and O–H groups in total. The number of aliphatic hydroxyl groups excluding tert-OH is 2. The lowest BCUT2D eigenvalue weighted by Gasteiger charge is -2.45. The van der Waals surface area contributed by atoms with Crippen LogP contribution in [0.25, 0.3) is 0 Å². The molecular weight excluding hydrogens is 388 g/mol. The molecule has 165 valence electrons. The number of carbonyl (C=O) groups excluding carboxylic acids is 1. The third-order valence-corrected chi connectivity index (χ3v) is 7.44. The van der Waals surface area contributed by atoms with Crippen LogP contribution in [0.2, 0.25) is 0 Å². The van der Waals surface area contributed by atoms with Crippen molar-refractivity contribution in [3.63, 3.8) is 0 Å². The average molecular weight is 426 g/mol. The SMILES string of the molecule is [CH2]COC(=O)CCC/C=C\C[C@@H]1[C@@H](/C=C/C[C@H](O)C2(CC)CCC2)[C@H](O)C[C@H]1Cl. The number of esters is 1. The lowest BCUT2D eigenvalue weighted by Crippen LogP contribution is -2.40. The predicted octanol–water partition coefficient (Wildman–Crippen LogP) is 4.97. The minimum absolute atomic E-state index is 0.0281. The van der Waals surface area contributed by atoms with Gasteiger partial charge in [0.25, 0.3) is 0 Å². The van der Waals surface area contributed by atoms with Gasteiger partial charge in [-0.2, -0.15) is 0 Å². The molecule has 0 spiro atoms. The van der Waals surface area contributed by atoms with E-state index in [0.717, 1.165) is 38.5 Å². The fraction of sp³-hybridized carbons (Fsp3) is 0.750. The first-order chi connectivity index (χ1) is 13.9. The second-order valence-electron chi connectivity index (χ2n) is 8.63. The van der Waals surface area contributed by atoms with Gasteiger partial charge in [0, 0.05) is 17.7 Å². The van der Waals surface area contributed by atoms with Crippen LogP contribution in [0.4, 0.5) is 0 Å². The van der Waals surface area contributed by atoms with Crippen molar-refractivity contribution in [1.82, 2.24) is 0 Å². The van der Waals surface area contributed by atoms with Crippen LogP contribution in [-0.4, -0.2) is 40.4 Å². The van der Waals surface area contributed by atoms with Gasteiger partial charge in [0.05, 0.1) is 18.8 Å². The van der Waals surface area contributed by atoms with Gasteiger partial charge in [-0.05, 0) is 69.6 Å². The van der Waals surface area contributed by atoms with E-state index in [0.29, 0.717) is 19.3 Å². The summed E-state index contributed by atoms with van der Waals surface area (Å²) in [4.78, 5) is 11.3. The molecule has 0 aliphatic heterocycles. The van der Waals surface area contributed by atoms with E-state index in [4.69, 9.17) is 16.3 Å². The number of hydrogen-bond donors (Lipinski definition) is 2. The minimum atomic E-state index is -0.425. The second-order valence-corrected chi connectivity index (χ2v) is 9.19. The van der Waals surface area contributed by atoms with Gasteiger partial charge in [0.15, 0.2) is 0 Å². The lowest BCUT2D eigenvalue weighted by atomic mass is 9.63. The number of unbranched alkanes of at least 4 members (excludes halogenated alkanes) is 1. The molecule has 5 atom stereocenters. The van der Waals surface area contributed by atoms with E-state index in [1.807, 2.05) is 6.08 Å². The van der Waals surface area contributed by atoms with Crippen molar-refractivity contribution in [2.75, 3.05) is 6.61 Å². The Morgan fingerprint density at radius 1 is 1.34 bits per heavy atom. The quantitative estimate of drug-likeness (QED) is 0.200. The standard InChI is InChI=1S/C24H38ClO4/c1-3-24(15-10-16-24)22(27)13-9-12-19-18(20(25)17-21(19)26)11-7-5-6-8-14-23(28)29-4-2/h5,7,9,12,18-22,26-27H,2-4,6,8,10-11,13-17H2,1H3/b7-5-,12-9+/t18-,19-,20-,21-,22+/m1/s1. The number of alkyl halides is 1. The molecule has 4 nitrogen and oxygen atoms in total. The van der Waals surface area contributed by atoms with E-state index in [9.17, 15) is 15.0 Å². The summed E-state index contributed by atoms with van der Waals surface area (Å²) in [7, 11) is 0. The Morgan fingerprint density at radius 2 is 2.10 bits per heavy atom. The van der Waals surface area contributed by atoms with Gasteiger partial charge in [-0.3, -0.25) is 4.79 Å². The molecule has 5 heteroatoms. The van der Waals surface area contributed by atoms with E-state index >= 15 is 0 Å². The summed E-state index contributed by atoms with van der Waals surface area (Å²) in [6.45, 7) is 5.84. The van der Waals surface area contributed by atoms with Gasteiger partial charge in [-0.1, -0.05) is 37.6 Å². The fourth-order valence-corrected chi connectivity index (χ4v) is 5.21. The number of hydrogen-bond acceptors (Lipinski definition) is 4. The summed E-state index contributed by atoms with van der Waals surface area (Å²) < 4.78 is 4.82. The first-order valence-electron chi connectivity index (χ1n) is 11.2. The summed E-state index contributed by atoms with van der Waals surface area (Å²) in [5.74, 6) is 0.0175. The zero-order valence-electron chi connectivity index (χ0n) is 17.8.